The lowest BCUT2D eigenvalue weighted by Gasteiger charge is -2.26. The Hall–Kier alpha value is -3.75. The Morgan fingerprint density at radius 2 is 2.00 bits per heavy atom. The van der Waals surface area contributed by atoms with E-state index in [0.29, 0.717) is 24.6 Å². The molecule has 0 aliphatic carbocycles. The van der Waals surface area contributed by atoms with E-state index >= 15 is 0 Å². The van der Waals surface area contributed by atoms with Gasteiger partial charge < -0.3 is 14.6 Å². The number of benzene rings is 1. The molecule has 4 aromatic rings. The molecule has 0 radical (unpaired) electrons. The standard InChI is InChI=1S/C23H23FN6O2.C2H6.H2/c1-13-11-25-20-7-8-21(28-30(13)20)29-12-18(10-19(29)16-5-4-6-17(24)9-16)27-23(31)22-14(2)32-15(3)26-22;1-2;/h4-9,11,18-19H,10,12H2,1-3H3,(H,27,31);1-2H3;1H/t18?,19-;;/m1../s1. The van der Waals surface area contributed by atoms with Crippen molar-refractivity contribution in [2.75, 3.05) is 11.4 Å². The number of hydrogen-bond acceptors (Lipinski definition) is 6. The molecule has 1 aromatic carbocycles. The maximum absolute atomic E-state index is 14.0. The first kappa shape index (κ1) is 23.4. The van der Waals surface area contributed by atoms with E-state index in [4.69, 9.17) is 9.52 Å². The number of carbonyl (C=O) groups excluding carboxylic acids is 1. The number of nitrogens with one attached hydrogen (secondary N) is 1. The van der Waals surface area contributed by atoms with Crippen LogP contribution in [0.3, 0.4) is 0 Å². The maximum atomic E-state index is 14.0. The smallest absolute Gasteiger partial charge is 0.273 e. The van der Waals surface area contributed by atoms with E-state index in [-0.39, 0.29) is 30.9 Å². The van der Waals surface area contributed by atoms with E-state index in [1.54, 1.807) is 30.6 Å². The summed E-state index contributed by atoms with van der Waals surface area (Å²) in [5.41, 5.74) is 2.80. The van der Waals surface area contributed by atoms with E-state index in [2.05, 4.69) is 20.2 Å². The summed E-state index contributed by atoms with van der Waals surface area (Å²) >= 11 is 0. The lowest BCUT2D eigenvalue weighted by atomic mass is 10.0. The van der Waals surface area contributed by atoms with Gasteiger partial charge in [-0.25, -0.2) is 18.9 Å². The molecule has 5 rings (SSSR count). The fourth-order valence-electron chi connectivity index (χ4n) is 4.35. The van der Waals surface area contributed by atoms with Gasteiger partial charge >= 0.3 is 0 Å². The van der Waals surface area contributed by atoms with Crippen LogP contribution in [0, 0.1) is 26.6 Å². The van der Waals surface area contributed by atoms with Crippen molar-refractivity contribution < 1.29 is 15.0 Å². The SMILES string of the molecule is CC.Cc1nc(C(=O)NC2C[C@H](c3cccc(F)c3)N(c3ccc4ncc(C)n4n3)C2)c(C)o1.[HH]. The number of fused-ring (bicyclic) bond motifs is 1. The fourth-order valence-corrected chi connectivity index (χ4v) is 4.35. The van der Waals surface area contributed by atoms with Crippen molar-refractivity contribution in [2.24, 2.45) is 0 Å². The highest BCUT2D eigenvalue weighted by molar-refractivity contribution is 5.93. The van der Waals surface area contributed by atoms with E-state index in [1.807, 2.05) is 39.0 Å². The van der Waals surface area contributed by atoms with Crippen LogP contribution in [-0.4, -0.2) is 38.1 Å². The highest BCUT2D eigenvalue weighted by Gasteiger charge is 2.36. The molecule has 2 atom stereocenters. The topological polar surface area (TPSA) is 88.6 Å². The number of hydrogen-bond donors (Lipinski definition) is 1. The van der Waals surface area contributed by atoms with Gasteiger partial charge in [0.25, 0.3) is 5.91 Å². The van der Waals surface area contributed by atoms with Crippen LogP contribution >= 0.6 is 0 Å². The first-order valence-corrected chi connectivity index (χ1v) is 11.5. The minimum Gasteiger partial charge on any atom is -0.445 e. The third-order valence-corrected chi connectivity index (χ3v) is 5.80. The number of aryl methyl sites for hydroxylation is 3. The van der Waals surface area contributed by atoms with Crippen molar-refractivity contribution in [3.8, 4) is 0 Å². The van der Waals surface area contributed by atoms with Crippen LogP contribution in [0.5, 0.6) is 0 Å². The van der Waals surface area contributed by atoms with Crippen molar-refractivity contribution in [2.45, 2.75) is 53.1 Å². The summed E-state index contributed by atoms with van der Waals surface area (Å²) in [6.07, 6.45) is 2.37. The van der Waals surface area contributed by atoms with Crippen molar-refractivity contribution in [1.82, 2.24) is 24.9 Å². The number of rotatable bonds is 4. The Bertz CT molecular complexity index is 1320. The van der Waals surface area contributed by atoms with Crippen LogP contribution in [0.15, 0.2) is 47.0 Å². The quantitative estimate of drug-likeness (QED) is 0.465. The molecule has 1 amide bonds. The number of aromatic nitrogens is 4. The molecule has 1 aliphatic rings. The van der Waals surface area contributed by atoms with Gasteiger partial charge in [-0.3, -0.25) is 4.79 Å². The van der Waals surface area contributed by atoms with Crippen LogP contribution < -0.4 is 10.2 Å². The number of oxazole rings is 1. The number of amides is 1. The first-order valence-electron chi connectivity index (χ1n) is 11.5. The maximum Gasteiger partial charge on any atom is 0.273 e. The highest BCUT2D eigenvalue weighted by atomic mass is 19.1. The predicted octanol–water partition coefficient (Wildman–Crippen LogP) is 4.80. The summed E-state index contributed by atoms with van der Waals surface area (Å²) in [6.45, 7) is 9.89. The minimum absolute atomic E-state index is 0. The zero-order valence-electron chi connectivity index (χ0n) is 20.0. The second kappa shape index (κ2) is 9.62. The molecule has 0 saturated carbocycles. The van der Waals surface area contributed by atoms with E-state index in [1.165, 1.54) is 12.1 Å². The van der Waals surface area contributed by atoms with Crippen molar-refractivity contribution in [3.05, 3.63) is 77.0 Å². The van der Waals surface area contributed by atoms with Crippen molar-refractivity contribution >= 4 is 17.4 Å². The molecule has 3 aromatic heterocycles. The Morgan fingerprint density at radius 3 is 2.71 bits per heavy atom. The van der Waals surface area contributed by atoms with Gasteiger partial charge in [-0.05, 0) is 50.1 Å². The number of nitrogens with zero attached hydrogens (tertiary/aromatic N) is 5. The molecule has 1 N–H and O–H groups in total. The Morgan fingerprint density at radius 1 is 1.21 bits per heavy atom. The highest BCUT2D eigenvalue weighted by Crippen LogP contribution is 2.36. The summed E-state index contributed by atoms with van der Waals surface area (Å²) in [4.78, 5) is 23.4. The molecule has 1 aliphatic heterocycles. The minimum atomic E-state index is -0.294. The van der Waals surface area contributed by atoms with Gasteiger partial charge in [0.2, 0.25) is 0 Å². The van der Waals surface area contributed by atoms with Gasteiger partial charge in [-0.15, -0.1) is 5.10 Å². The largest absolute Gasteiger partial charge is 0.445 e. The number of halogens is 1. The second-order valence-electron chi connectivity index (χ2n) is 8.13. The zero-order valence-corrected chi connectivity index (χ0v) is 20.0. The zero-order chi connectivity index (χ0) is 24.4. The second-order valence-corrected chi connectivity index (χ2v) is 8.13. The van der Waals surface area contributed by atoms with E-state index in [0.717, 1.165) is 22.7 Å². The number of imidazole rings is 1. The van der Waals surface area contributed by atoms with Crippen molar-refractivity contribution in [1.29, 1.82) is 0 Å². The molecule has 34 heavy (non-hydrogen) atoms. The molecule has 8 nitrogen and oxygen atoms in total. The molecule has 0 bridgehead atoms. The normalized spacial score (nSPS) is 17.5. The van der Waals surface area contributed by atoms with Gasteiger partial charge in [-0.2, -0.15) is 0 Å². The molecule has 4 heterocycles. The van der Waals surface area contributed by atoms with Gasteiger partial charge in [0.05, 0.1) is 17.9 Å². The summed E-state index contributed by atoms with van der Waals surface area (Å²) < 4.78 is 21.2. The number of anilines is 1. The molecule has 1 fully saturated rings. The Balaban J connectivity index is 0.00000111. The Labute approximate surface area is 199 Å². The Kier molecular flexibility index (Phi) is 6.63. The third-order valence-electron chi connectivity index (χ3n) is 5.80. The van der Waals surface area contributed by atoms with Gasteiger partial charge in [-0.1, -0.05) is 26.0 Å². The van der Waals surface area contributed by atoms with Gasteiger partial charge in [0.15, 0.2) is 17.2 Å². The molecular formula is C25H31FN6O2. The molecular weight excluding hydrogens is 435 g/mol. The first-order chi connectivity index (χ1) is 16.4. The molecule has 1 unspecified atom stereocenters. The summed E-state index contributed by atoms with van der Waals surface area (Å²) in [5.74, 6) is 1.10. The monoisotopic (exact) mass is 466 g/mol. The predicted molar refractivity (Wildman–Crippen MR) is 130 cm³/mol. The average Bonchev–Trinajstić information content (AvgIpc) is 3.51. The van der Waals surface area contributed by atoms with Crippen LogP contribution in [0.4, 0.5) is 10.2 Å². The van der Waals surface area contributed by atoms with Crippen molar-refractivity contribution in [3.63, 3.8) is 0 Å². The summed E-state index contributed by atoms with van der Waals surface area (Å²) in [7, 11) is 0. The van der Waals surface area contributed by atoms with E-state index < -0.39 is 0 Å². The lowest BCUT2D eigenvalue weighted by Crippen LogP contribution is -2.37. The van der Waals surface area contributed by atoms with Crippen LogP contribution in [-0.2, 0) is 0 Å². The summed E-state index contributed by atoms with van der Waals surface area (Å²) in [5, 5.41) is 7.81. The van der Waals surface area contributed by atoms with Gasteiger partial charge in [0.1, 0.15) is 17.4 Å². The lowest BCUT2D eigenvalue weighted by molar-refractivity contribution is 0.0934. The van der Waals surface area contributed by atoms with Gasteiger partial charge in [0, 0.05) is 20.9 Å². The molecule has 1 saturated heterocycles. The van der Waals surface area contributed by atoms with Crippen LogP contribution in [0.1, 0.15) is 61.1 Å². The molecule has 180 valence electrons. The molecule has 9 heteroatoms. The fraction of sp³-hybridized carbons (Fsp3) is 0.360. The average molecular weight is 467 g/mol. The summed E-state index contributed by atoms with van der Waals surface area (Å²) in [6, 6.07) is 10.1. The third kappa shape index (κ3) is 4.50. The van der Waals surface area contributed by atoms with Crippen LogP contribution in [0.2, 0.25) is 0 Å². The van der Waals surface area contributed by atoms with Crippen LogP contribution in [0.25, 0.3) is 5.65 Å². The molecule has 0 spiro atoms. The number of carbonyl (C=O) groups is 1. The van der Waals surface area contributed by atoms with E-state index in [9.17, 15) is 9.18 Å².